The summed E-state index contributed by atoms with van der Waals surface area (Å²) in [6, 6.07) is 8.27. The molecule has 0 spiro atoms. The highest BCUT2D eigenvalue weighted by atomic mass is 79.9. The zero-order valence-corrected chi connectivity index (χ0v) is 15.0. The van der Waals surface area contributed by atoms with Gasteiger partial charge in [0.2, 0.25) is 0 Å². The Labute approximate surface area is 152 Å². The van der Waals surface area contributed by atoms with E-state index >= 15 is 0 Å². The molecule has 1 aromatic carbocycles. The first-order chi connectivity index (χ1) is 11.9. The van der Waals surface area contributed by atoms with Gasteiger partial charge in [-0.15, -0.1) is 0 Å². The number of furan rings is 1. The number of nitrogens with one attached hydrogen (secondary N) is 2. The van der Waals surface area contributed by atoms with Gasteiger partial charge in [-0.3, -0.25) is 20.4 Å². The molecular formula is C17H15BrN2O5. The van der Waals surface area contributed by atoms with Crippen LogP contribution in [0.15, 0.2) is 45.3 Å². The number of amides is 2. The lowest BCUT2D eigenvalue weighted by atomic mass is 10.2. The van der Waals surface area contributed by atoms with Gasteiger partial charge in [0, 0.05) is 10.5 Å². The van der Waals surface area contributed by atoms with Crippen molar-refractivity contribution in [2.24, 2.45) is 0 Å². The Kier molecular flexibility index (Phi) is 6.13. The average Bonchev–Trinajstić information content (AvgIpc) is 2.98. The van der Waals surface area contributed by atoms with Crippen molar-refractivity contribution in [3.63, 3.8) is 0 Å². The number of carbonyl (C=O) groups is 3. The fraction of sp³-hybridized carbons (Fsp3) is 0.118. The van der Waals surface area contributed by atoms with Crippen LogP contribution in [0, 0.1) is 6.92 Å². The Morgan fingerprint density at radius 1 is 1.16 bits per heavy atom. The van der Waals surface area contributed by atoms with Crippen LogP contribution in [0.5, 0.6) is 0 Å². The molecule has 1 aromatic heterocycles. The van der Waals surface area contributed by atoms with Gasteiger partial charge in [0.1, 0.15) is 17.1 Å². The Balaban J connectivity index is 1.94. The molecule has 2 aromatic rings. The van der Waals surface area contributed by atoms with Crippen molar-refractivity contribution < 1.29 is 23.5 Å². The van der Waals surface area contributed by atoms with Crippen LogP contribution in [-0.2, 0) is 9.53 Å². The lowest BCUT2D eigenvalue weighted by Gasteiger charge is -2.06. The largest absolute Gasteiger partial charge is 0.465 e. The van der Waals surface area contributed by atoms with Gasteiger partial charge < -0.3 is 9.15 Å². The van der Waals surface area contributed by atoms with Crippen LogP contribution in [0.3, 0.4) is 0 Å². The molecule has 1 heterocycles. The number of rotatable bonds is 4. The molecule has 0 radical (unpaired) electrons. The summed E-state index contributed by atoms with van der Waals surface area (Å²) in [7, 11) is 1.27. The van der Waals surface area contributed by atoms with E-state index in [1.54, 1.807) is 31.2 Å². The minimum absolute atomic E-state index is 0.282. The normalized spacial score (nSPS) is 10.5. The topological polar surface area (TPSA) is 97.6 Å². The molecule has 7 nitrogen and oxygen atoms in total. The zero-order valence-electron chi connectivity index (χ0n) is 13.5. The van der Waals surface area contributed by atoms with Gasteiger partial charge in [-0.1, -0.05) is 12.1 Å². The molecule has 0 fully saturated rings. The maximum atomic E-state index is 12.0. The number of esters is 1. The first kappa shape index (κ1) is 18.5. The fourth-order valence-corrected chi connectivity index (χ4v) is 2.40. The monoisotopic (exact) mass is 406 g/mol. The van der Waals surface area contributed by atoms with Crippen molar-refractivity contribution in [1.29, 1.82) is 0 Å². The molecule has 0 aliphatic carbocycles. The first-order valence-electron chi connectivity index (χ1n) is 7.14. The maximum Gasteiger partial charge on any atom is 0.341 e. The number of benzene rings is 1. The maximum absolute atomic E-state index is 12.0. The van der Waals surface area contributed by atoms with E-state index in [2.05, 4.69) is 31.5 Å². The summed E-state index contributed by atoms with van der Waals surface area (Å²) in [6.07, 6.45) is 2.54. The Hall–Kier alpha value is -2.87. The molecule has 25 heavy (non-hydrogen) atoms. The fourth-order valence-electron chi connectivity index (χ4n) is 1.93. The molecule has 2 rings (SSSR count). The highest BCUT2D eigenvalue weighted by Crippen LogP contribution is 2.17. The highest BCUT2D eigenvalue weighted by molar-refractivity contribution is 9.10. The number of carbonyl (C=O) groups excluding carboxylic acids is 3. The SMILES string of the molecule is COC(=O)c1cc(/C=C/C(=O)NNC(=O)c2ccccc2Br)oc1C. The predicted octanol–water partition coefficient (Wildman–Crippen LogP) is 2.61. The zero-order chi connectivity index (χ0) is 18.4. The van der Waals surface area contributed by atoms with E-state index < -0.39 is 17.8 Å². The van der Waals surface area contributed by atoms with E-state index in [0.29, 0.717) is 21.6 Å². The standard InChI is InChI=1S/C17H15BrN2O5/c1-10-13(17(23)24-2)9-11(25-10)7-8-15(21)19-20-16(22)12-5-3-4-6-14(12)18/h3-9H,1-2H3,(H,19,21)(H,20,22)/b8-7+. The number of aryl methyl sites for hydroxylation is 1. The molecule has 0 saturated carbocycles. The van der Waals surface area contributed by atoms with Crippen LogP contribution >= 0.6 is 15.9 Å². The lowest BCUT2D eigenvalue weighted by molar-refractivity contribution is -0.117. The smallest absolute Gasteiger partial charge is 0.341 e. The van der Waals surface area contributed by atoms with E-state index in [-0.39, 0.29) is 5.56 Å². The summed E-state index contributed by atoms with van der Waals surface area (Å²) in [5.74, 6) is -0.851. The van der Waals surface area contributed by atoms with Crippen molar-refractivity contribution in [2.45, 2.75) is 6.92 Å². The van der Waals surface area contributed by atoms with E-state index in [9.17, 15) is 14.4 Å². The van der Waals surface area contributed by atoms with Crippen LogP contribution in [0.4, 0.5) is 0 Å². The van der Waals surface area contributed by atoms with Crippen molar-refractivity contribution in [2.75, 3.05) is 7.11 Å². The number of hydrogen-bond acceptors (Lipinski definition) is 5. The first-order valence-corrected chi connectivity index (χ1v) is 7.93. The summed E-state index contributed by atoms with van der Waals surface area (Å²) in [5, 5.41) is 0. The van der Waals surface area contributed by atoms with Crippen LogP contribution in [-0.4, -0.2) is 24.9 Å². The van der Waals surface area contributed by atoms with Gasteiger partial charge in [-0.25, -0.2) is 4.79 Å². The number of methoxy groups -OCH3 is 1. The molecule has 0 atom stereocenters. The number of halogens is 1. The third-order valence-electron chi connectivity index (χ3n) is 3.16. The van der Waals surface area contributed by atoms with Gasteiger partial charge in [0.15, 0.2) is 0 Å². The van der Waals surface area contributed by atoms with Gasteiger partial charge >= 0.3 is 5.97 Å². The number of hydrogen-bond donors (Lipinski definition) is 2. The Morgan fingerprint density at radius 3 is 2.56 bits per heavy atom. The minimum Gasteiger partial charge on any atom is -0.465 e. The molecule has 0 aliphatic heterocycles. The summed E-state index contributed by atoms with van der Waals surface area (Å²) in [4.78, 5) is 35.2. The summed E-state index contributed by atoms with van der Waals surface area (Å²) in [6.45, 7) is 1.61. The molecule has 0 bridgehead atoms. The summed E-state index contributed by atoms with van der Waals surface area (Å²) >= 11 is 3.25. The summed E-state index contributed by atoms with van der Waals surface area (Å²) in [5.41, 5.74) is 5.22. The van der Waals surface area contributed by atoms with Crippen LogP contribution < -0.4 is 10.9 Å². The van der Waals surface area contributed by atoms with Crippen LogP contribution in [0.2, 0.25) is 0 Å². The Bertz CT molecular complexity index is 841. The molecule has 0 aliphatic rings. The van der Waals surface area contributed by atoms with Crippen molar-refractivity contribution in [1.82, 2.24) is 10.9 Å². The second kappa shape index (κ2) is 8.29. The molecule has 0 unspecified atom stereocenters. The van der Waals surface area contributed by atoms with Crippen LogP contribution in [0.1, 0.15) is 32.2 Å². The molecule has 130 valence electrons. The third kappa shape index (κ3) is 4.80. The molecular weight excluding hydrogens is 392 g/mol. The van der Waals surface area contributed by atoms with Crippen molar-refractivity contribution in [3.05, 3.63) is 63.5 Å². The van der Waals surface area contributed by atoms with E-state index in [1.165, 1.54) is 25.3 Å². The van der Waals surface area contributed by atoms with Gasteiger partial charge in [0.05, 0.1) is 12.7 Å². The van der Waals surface area contributed by atoms with E-state index in [4.69, 9.17) is 4.42 Å². The van der Waals surface area contributed by atoms with Gasteiger partial charge in [-0.05, 0) is 47.1 Å². The predicted molar refractivity (Wildman–Crippen MR) is 93.6 cm³/mol. The van der Waals surface area contributed by atoms with Crippen LogP contribution in [0.25, 0.3) is 6.08 Å². The van der Waals surface area contributed by atoms with Crippen molar-refractivity contribution >= 4 is 39.8 Å². The molecule has 8 heteroatoms. The number of ether oxygens (including phenoxy) is 1. The second-order valence-corrected chi connectivity index (χ2v) is 5.72. The molecule has 2 amide bonds. The Morgan fingerprint density at radius 2 is 1.88 bits per heavy atom. The van der Waals surface area contributed by atoms with E-state index in [1.807, 2.05) is 0 Å². The second-order valence-electron chi connectivity index (χ2n) is 4.87. The molecule has 0 saturated heterocycles. The van der Waals surface area contributed by atoms with Crippen molar-refractivity contribution in [3.8, 4) is 0 Å². The number of hydrazine groups is 1. The van der Waals surface area contributed by atoms with Gasteiger partial charge in [0.25, 0.3) is 11.8 Å². The highest BCUT2D eigenvalue weighted by Gasteiger charge is 2.14. The average molecular weight is 407 g/mol. The van der Waals surface area contributed by atoms with E-state index in [0.717, 1.165) is 0 Å². The lowest BCUT2D eigenvalue weighted by Crippen LogP contribution is -2.40. The minimum atomic E-state index is -0.561. The summed E-state index contributed by atoms with van der Waals surface area (Å²) < 4.78 is 10.6. The van der Waals surface area contributed by atoms with Gasteiger partial charge in [-0.2, -0.15) is 0 Å². The third-order valence-corrected chi connectivity index (χ3v) is 3.85. The molecule has 2 N–H and O–H groups in total. The quantitative estimate of drug-likeness (QED) is 0.461.